The van der Waals surface area contributed by atoms with Crippen molar-refractivity contribution < 1.29 is 5.11 Å². The molecule has 0 atom stereocenters. The topological polar surface area (TPSA) is 46.0 Å². The minimum atomic E-state index is -0.127. The third-order valence-corrected chi connectivity index (χ3v) is 3.17. The Labute approximate surface area is 105 Å². The highest BCUT2D eigenvalue weighted by Gasteiger charge is 2.04. The second-order valence-electron chi connectivity index (χ2n) is 3.70. The van der Waals surface area contributed by atoms with E-state index in [2.05, 4.69) is 22.1 Å². The van der Waals surface area contributed by atoms with Gasteiger partial charge >= 0.3 is 0 Å². The van der Waals surface area contributed by atoms with Crippen LogP contribution in [0.3, 0.4) is 0 Å². The lowest BCUT2D eigenvalue weighted by Crippen LogP contribution is -1.98. The Hall–Kier alpha value is -1.39. The van der Waals surface area contributed by atoms with Gasteiger partial charge in [-0.05, 0) is 31.4 Å². The van der Waals surface area contributed by atoms with Crippen molar-refractivity contribution in [2.45, 2.75) is 18.4 Å². The van der Waals surface area contributed by atoms with E-state index >= 15 is 0 Å². The van der Waals surface area contributed by atoms with Gasteiger partial charge < -0.3 is 5.11 Å². The van der Waals surface area contributed by atoms with Gasteiger partial charge in [-0.25, -0.2) is 9.97 Å². The highest BCUT2D eigenvalue weighted by Crippen LogP contribution is 2.22. The average Bonchev–Trinajstić information content (AvgIpc) is 2.38. The lowest BCUT2D eigenvalue weighted by atomic mass is 10.1. The maximum absolute atomic E-state index is 9.09. The zero-order valence-electron chi connectivity index (χ0n) is 9.84. The molecule has 0 aliphatic heterocycles. The lowest BCUT2D eigenvalue weighted by molar-refractivity contribution is 0.271. The fourth-order valence-corrected chi connectivity index (χ4v) is 2.02. The molecule has 2 aromatic rings. The Morgan fingerprint density at radius 1 is 1.18 bits per heavy atom. The molecule has 0 radical (unpaired) electrons. The Morgan fingerprint density at radius 3 is 2.47 bits per heavy atom. The number of aliphatic hydroxyl groups excluding tert-OH is 1. The molecule has 17 heavy (non-hydrogen) atoms. The highest BCUT2D eigenvalue weighted by molar-refractivity contribution is 7.98. The van der Waals surface area contributed by atoms with Crippen LogP contribution in [0, 0.1) is 6.92 Å². The van der Waals surface area contributed by atoms with Gasteiger partial charge in [0, 0.05) is 16.2 Å². The maximum atomic E-state index is 9.09. The Kier molecular flexibility index (Phi) is 3.76. The number of hydrogen-bond donors (Lipinski definition) is 1. The monoisotopic (exact) mass is 246 g/mol. The van der Waals surface area contributed by atoms with E-state index in [1.165, 1.54) is 4.90 Å². The quantitative estimate of drug-likeness (QED) is 0.846. The predicted molar refractivity (Wildman–Crippen MR) is 69.9 cm³/mol. The normalized spacial score (nSPS) is 10.5. The van der Waals surface area contributed by atoms with E-state index < -0.39 is 0 Å². The molecule has 0 aliphatic carbocycles. The first-order valence-corrected chi connectivity index (χ1v) is 6.55. The van der Waals surface area contributed by atoms with Crippen LogP contribution in [0.15, 0.2) is 35.2 Å². The standard InChI is InChI=1S/C13H14N2OS/c1-9-7-12(15-13(8-16)14-9)10-3-5-11(17-2)6-4-10/h3-7,16H,8H2,1-2H3. The summed E-state index contributed by atoms with van der Waals surface area (Å²) in [6, 6.07) is 10.1. The summed E-state index contributed by atoms with van der Waals surface area (Å²) in [5.41, 5.74) is 2.77. The summed E-state index contributed by atoms with van der Waals surface area (Å²) in [6.45, 7) is 1.78. The van der Waals surface area contributed by atoms with Crippen LogP contribution >= 0.6 is 11.8 Å². The van der Waals surface area contributed by atoms with E-state index in [4.69, 9.17) is 5.11 Å². The largest absolute Gasteiger partial charge is 0.388 e. The number of nitrogens with zero attached hydrogens (tertiary/aromatic N) is 2. The van der Waals surface area contributed by atoms with Crippen LogP contribution < -0.4 is 0 Å². The molecule has 88 valence electrons. The van der Waals surface area contributed by atoms with Crippen LogP contribution in [-0.2, 0) is 6.61 Å². The van der Waals surface area contributed by atoms with E-state index in [0.717, 1.165) is 17.0 Å². The summed E-state index contributed by atoms with van der Waals surface area (Å²) in [7, 11) is 0. The van der Waals surface area contributed by atoms with Crippen molar-refractivity contribution in [2.75, 3.05) is 6.26 Å². The smallest absolute Gasteiger partial charge is 0.154 e. The van der Waals surface area contributed by atoms with Crippen LogP contribution in [0.5, 0.6) is 0 Å². The van der Waals surface area contributed by atoms with E-state index in [-0.39, 0.29) is 6.61 Å². The van der Waals surface area contributed by atoms with Crippen molar-refractivity contribution in [1.82, 2.24) is 9.97 Å². The molecule has 1 aromatic heterocycles. The van der Waals surface area contributed by atoms with Crippen molar-refractivity contribution in [3.63, 3.8) is 0 Å². The Morgan fingerprint density at radius 2 is 1.88 bits per heavy atom. The van der Waals surface area contributed by atoms with Crippen LogP contribution in [0.2, 0.25) is 0 Å². The van der Waals surface area contributed by atoms with Crippen LogP contribution in [0.4, 0.5) is 0 Å². The minimum Gasteiger partial charge on any atom is -0.388 e. The summed E-state index contributed by atoms with van der Waals surface area (Å²) in [6.07, 6.45) is 2.05. The third kappa shape index (κ3) is 2.84. The molecule has 2 rings (SSSR count). The first-order valence-electron chi connectivity index (χ1n) is 5.33. The minimum absolute atomic E-state index is 0.127. The molecule has 0 saturated carbocycles. The summed E-state index contributed by atoms with van der Waals surface area (Å²) in [4.78, 5) is 9.68. The van der Waals surface area contributed by atoms with Crippen molar-refractivity contribution >= 4 is 11.8 Å². The first-order chi connectivity index (χ1) is 8.22. The second-order valence-corrected chi connectivity index (χ2v) is 4.58. The zero-order valence-corrected chi connectivity index (χ0v) is 10.7. The van der Waals surface area contributed by atoms with E-state index in [0.29, 0.717) is 5.82 Å². The molecule has 1 N–H and O–H groups in total. The second kappa shape index (κ2) is 5.29. The van der Waals surface area contributed by atoms with Crippen molar-refractivity contribution in [3.05, 3.63) is 41.9 Å². The van der Waals surface area contributed by atoms with Crippen LogP contribution in [0.25, 0.3) is 11.3 Å². The van der Waals surface area contributed by atoms with Crippen molar-refractivity contribution in [1.29, 1.82) is 0 Å². The first kappa shape index (κ1) is 12.1. The molecular formula is C13H14N2OS. The van der Waals surface area contributed by atoms with Gasteiger partial charge in [0.05, 0.1) is 5.69 Å². The SMILES string of the molecule is CSc1ccc(-c2cc(C)nc(CO)n2)cc1. The number of benzene rings is 1. The molecule has 1 heterocycles. The van der Waals surface area contributed by atoms with Gasteiger partial charge in [-0.15, -0.1) is 11.8 Å². The van der Waals surface area contributed by atoms with E-state index in [9.17, 15) is 0 Å². The third-order valence-electron chi connectivity index (χ3n) is 2.43. The molecule has 3 nitrogen and oxygen atoms in total. The lowest BCUT2D eigenvalue weighted by Gasteiger charge is -2.05. The van der Waals surface area contributed by atoms with Gasteiger partial charge in [0.25, 0.3) is 0 Å². The van der Waals surface area contributed by atoms with Crippen LogP contribution in [-0.4, -0.2) is 21.3 Å². The molecule has 1 aromatic carbocycles. The van der Waals surface area contributed by atoms with E-state index in [1.807, 2.05) is 31.4 Å². The van der Waals surface area contributed by atoms with Gasteiger partial charge in [0.15, 0.2) is 5.82 Å². The molecule has 0 aliphatic rings. The van der Waals surface area contributed by atoms with Gasteiger partial charge in [-0.2, -0.15) is 0 Å². The van der Waals surface area contributed by atoms with E-state index in [1.54, 1.807) is 11.8 Å². The fourth-order valence-electron chi connectivity index (χ4n) is 1.61. The number of aryl methyl sites for hydroxylation is 1. The van der Waals surface area contributed by atoms with Crippen molar-refractivity contribution in [3.8, 4) is 11.3 Å². The van der Waals surface area contributed by atoms with Crippen LogP contribution in [0.1, 0.15) is 11.5 Å². The molecule has 0 amide bonds. The Bertz CT molecular complexity index is 511. The summed E-state index contributed by atoms with van der Waals surface area (Å²) >= 11 is 1.71. The van der Waals surface area contributed by atoms with Gasteiger partial charge in [0.1, 0.15) is 6.61 Å². The summed E-state index contributed by atoms with van der Waals surface area (Å²) in [5.74, 6) is 0.467. The summed E-state index contributed by atoms with van der Waals surface area (Å²) < 4.78 is 0. The van der Waals surface area contributed by atoms with Gasteiger partial charge in [-0.1, -0.05) is 12.1 Å². The molecule has 4 heteroatoms. The highest BCUT2D eigenvalue weighted by atomic mass is 32.2. The van der Waals surface area contributed by atoms with Gasteiger partial charge in [-0.3, -0.25) is 0 Å². The Balaban J connectivity index is 2.41. The van der Waals surface area contributed by atoms with Crippen molar-refractivity contribution in [2.24, 2.45) is 0 Å². The molecule has 0 saturated heterocycles. The predicted octanol–water partition coefficient (Wildman–Crippen LogP) is 2.67. The number of hydrogen-bond acceptors (Lipinski definition) is 4. The molecule has 0 fully saturated rings. The molecular weight excluding hydrogens is 232 g/mol. The number of aliphatic hydroxyl groups is 1. The zero-order chi connectivity index (χ0) is 12.3. The molecule has 0 bridgehead atoms. The summed E-state index contributed by atoms with van der Waals surface area (Å²) in [5, 5.41) is 9.09. The number of rotatable bonds is 3. The fraction of sp³-hybridized carbons (Fsp3) is 0.231. The number of thioether (sulfide) groups is 1. The average molecular weight is 246 g/mol. The van der Waals surface area contributed by atoms with Gasteiger partial charge in [0.2, 0.25) is 0 Å². The maximum Gasteiger partial charge on any atom is 0.154 e. The molecule has 0 unspecified atom stereocenters. The molecule has 0 spiro atoms. The number of aromatic nitrogens is 2.